The van der Waals surface area contributed by atoms with Crippen LogP contribution in [0.25, 0.3) is 0 Å². The number of hydrogen-bond donors (Lipinski definition) is 2. The molecule has 0 aliphatic rings. The van der Waals surface area contributed by atoms with Crippen molar-refractivity contribution in [3.05, 3.63) is 35.1 Å². The minimum atomic E-state index is -0.406. The average Bonchev–Trinajstić information content (AvgIpc) is 2.27. The SMILES string of the molecule is CC(Oc1cccc(Cl)c1)c1nc(N)nc(N)n1. The Labute approximate surface area is 109 Å². The number of nitrogens with zero attached hydrogens (tertiary/aromatic N) is 3. The fourth-order valence-corrected chi connectivity index (χ4v) is 1.59. The number of hydrogen-bond acceptors (Lipinski definition) is 6. The van der Waals surface area contributed by atoms with Gasteiger partial charge in [-0.3, -0.25) is 0 Å². The zero-order valence-electron chi connectivity index (χ0n) is 9.67. The zero-order valence-corrected chi connectivity index (χ0v) is 10.4. The molecule has 0 spiro atoms. The number of halogens is 1. The van der Waals surface area contributed by atoms with Crippen LogP contribution in [0.4, 0.5) is 11.9 Å². The number of aromatic nitrogens is 3. The van der Waals surface area contributed by atoms with Crippen molar-refractivity contribution in [2.75, 3.05) is 11.5 Å². The highest BCUT2D eigenvalue weighted by Crippen LogP contribution is 2.22. The third-order valence-electron chi connectivity index (χ3n) is 2.16. The van der Waals surface area contributed by atoms with Crippen molar-refractivity contribution >= 4 is 23.5 Å². The largest absolute Gasteiger partial charge is 0.483 e. The summed E-state index contributed by atoms with van der Waals surface area (Å²) in [6.45, 7) is 1.79. The Kier molecular flexibility index (Phi) is 3.47. The molecule has 0 bridgehead atoms. The lowest BCUT2D eigenvalue weighted by atomic mass is 10.3. The Balaban J connectivity index is 2.19. The summed E-state index contributed by atoms with van der Waals surface area (Å²) < 4.78 is 5.64. The van der Waals surface area contributed by atoms with Crippen molar-refractivity contribution in [3.8, 4) is 5.75 Å². The van der Waals surface area contributed by atoms with Gasteiger partial charge in [0.15, 0.2) is 11.9 Å². The van der Waals surface area contributed by atoms with E-state index >= 15 is 0 Å². The van der Waals surface area contributed by atoms with Gasteiger partial charge in [-0.1, -0.05) is 17.7 Å². The van der Waals surface area contributed by atoms with E-state index in [0.29, 0.717) is 16.6 Å². The van der Waals surface area contributed by atoms with Crippen molar-refractivity contribution in [1.82, 2.24) is 15.0 Å². The molecule has 1 heterocycles. The van der Waals surface area contributed by atoms with E-state index in [1.165, 1.54) is 0 Å². The normalized spacial score (nSPS) is 12.1. The number of nitrogen functional groups attached to an aromatic ring is 2. The fourth-order valence-electron chi connectivity index (χ4n) is 1.41. The summed E-state index contributed by atoms with van der Waals surface area (Å²) in [5.74, 6) is 1.13. The summed E-state index contributed by atoms with van der Waals surface area (Å²) in [4.78, 5) is 11.6. The predicted octanol–water partition coefficient (Wildman–Crippen LogP) is 1.83. The third kappa shape index (κ3) is 2.98. The molecule has 0 radical (unpaired) electrons. The predicted molar refractivity (Wildman–Crippen MR) is 69.1 cm³/mol. The maximum Gasteiger partial charge on any atom is 0.225 e. The van der Waals surface area contributed by atoms with Crippen LogP contribution in [-0.2, 0) is 0 Å². The first-order chi connectivity index (χ1) is 8.54. The molecule has 0 aliphatic carbocycles. The molecule has 0 aliphatic heterocycles. The first-order valence-electron chi connectivity index (χ1n) is 5.24. The number of nitrogens with two attached hydrogens (primary N) is 2. The molecule has 18 heavy (non-hydrogen) atoms. The van der Waals surface area contributed by atoms with E-state index in [4.69, 9.17) is 27.8 Å². The summed E-state index contributed by atoms with van der Waals surface area (Å²) in [5.41, 5.74) is 11.0. The van der Waals surface area contributed by atoms with Gasteiger partial charge in [-0.05, 0) is 25.1 Å². The molecule has 2 rings (SSSR count). The van der Waals surface area contributed by atoms with Gasteiger partial charge in [0.1, 0.15) is 5.75 Å². The minimum Gasteiger partial charge on any atom is -0.483 e. The minimum absolute atomic E-state index is 0.0686. The van der Waals surface area contributed by atoms with Crippen molar-refractivity contribution in [2.45, 2.75) is 13.0 Å². The van der Waals surface area contributed by atoms with Gasteiger partial charge in [-0.2, -0.15) is 15.0 Å². The highest BCUT2D eigenvalue weighted by molar-refractivity contribution is 6.30. The van der Waals surface area contributed by atoms with Gasteiger partial charge in [0, 0.05) is 5.02 Å². The second kappa shape index (κ2) is 5.05. The monoisotopic (exact) mass is 265 g/mol. The number of anilines is 2. The highest BCUT2D eigenvalue weighted by Gasteiger charge is 2.13. The topological polar surface area (TPSA) is 99.9 Å². The van der Waals surface area contributed by atoms with Crippen LogP contribution >= 0.6 is 11.6 Å². The Hall–Kier alpha value is -2.08. The van der Waals surface area contributed by atoms with E-state index in [-0.39, 0.29) is 11.9 Å². The van der Waals surface area contributed by atoms with E-state index in [9.17, 15) is 0 Å². The van der Waals surface area contributed by atoms with Gasteiger partial charge >= 0.3 is 0 Å². The maximum atomic E-state index is 5.86. The molecule has 6 nitrogen and oxygen atoms in total. The molecule has 0 saturated heterocycles. The summed E-state index contributed by atoms with van der Waals surface area (Å²) in [5, 5.41) is 0.592. The second-order valence-corrected chi connectivity index (χ2v) is 4.06. The van der Waals surface area contributed by atoms with Crippen LogP contribution in [0, 0.1) is 0 Å². The standard InChI is InChI=1S/C11H12ClN5O/c1-6(9-15-10(13)17-11(14)16-9)18-8-4-2-3-7(12)5-8/h2-6H,1H3,(H4,13,14,15,16,17). The lowest BCUT2D eigenvalue weighted by Crippen LogP contribution is -2.12. The molecule has 1 atom stereocenters. The van der Waals surface area contributed by atoms with Crippen molar-refractivity contribution in [2.24, 2.45) is 0 Å². The van der Waals surface area contributed by atoms with Gasteiger partial charge in [0.05, 0.1) is 0 Å². The average molecular weight is 266 g/mol. The zero-order chi connectivity index (χ0) is 13.1. The molecule has 7 heteroatoms. The Morgan fingerprint density at radius 2 is 1.83 bits per heavy atom. The smallest absolute Gasteiger partial charge is 0.225 e. The van der Waals surface area contributed by atoms with Crippen LogP contribution in [0.2, 0.25) is 5.02 Å². The highest BCUT2D eigenvalue weighted by atomic mass is 35.5. The van der Waals surface area contributed by atoms with E-state index < -0.39 is 6.10 Å². The lowest BCUT2D eigenvalue weighted by molar-refractivity contribution is 0.216. The first-order valence-corrected chi connectivity index (χ1v) is 5.61. The fraction of sp³-hybridized carbons (Fsp3) is 0.182. The lowest BCUT2D eigenvalue weighted by Gasteiger charge is -2.13. The summed E-state index contributed by atoms with van der Waals surface area (Å²) in [7, 11) is 0. The molecule has 1 unspecified atom stereocenters. The van der Waals surface area contributed by atoms with Crippen molar-refractivity contribution < 1.29 is 4.74 Å². The molecule has 0 fully saturated rings. The number of ether oxygens (including phenoxy) is 1. The van der Waals surface area contributed by atoms with Crippen molar-refractivity contribution in [3.63, 3.8) is 0 Å². The quantitative estimate of drug-likeness (QED) is 0.878. The van der Waals surface area contributed by atoms with E-state index in [0.717, 1.165) is 0 Å². The molecule has 94 valence electrons. The Morgan fingerprint density at radius 3 is 2.44 bits per heavy atom. The van der Waals surface area contributed by atoms with Gasteiger partial charge in [-0.25, -0.2) is 0 Å². The van der Waals surface area contributed by atoms with Gasteiger partial charge in [-0.15, -0.1) is 0 Å². The van der Waals surface area contributed by atoms with E-state index in [1.54, 1.807) is 31.2 Å². The molecule has 2 aromatic rings. The molecular weight excluding hydrogens is 254 g/mol. The van der Waals surface area contributed by atoms with Crippen LogP contribution in [0.3, 0.4) is 0 Å². The summed E-state index contributed by atoms with van der Waals surface area (Å²) in [6.07, 6.45) is -0.406. The van der Waals surface area contributed by atoms with Crippen LogP contribution in [0.5, 0.6) is 5.75 Å². The molecular formula is C11H12ClN5O. The molecule has 0 saturated carbocycles. The second-order valence-electron chi connectivity index (χ2n) is 3.63. The Bertz CT molecular complexity index is 543. The first kappa shape index (κ1) is 12.4. The van der Waals surface area contributed by atoms with Gasteiger partial charge < -0.3 is 16.2 Å². The number of benzene rings is 1. The molecule has 0 amide bonds. The molecule has 4 N–H and O–H groups in total. The Morgan fingerprint density at radius 1 is 1.17 bits per heavy atom. The van der Waals surface area contributed by atoms with Gasteiger partial charge in [0.25, 0.3) is 0 Å². The van der Waals surface area contributed by atoms with Crippen LogP contribution < -0.4 is 16.2 Å². The number of rotatable bonds is 3. The van der Waals surface area contributed by atoms with Crippen LogP contribution in [0.1, 0.15) is 18.9 Å². The van der Waals surface area contributed by atoms with Crippen molar-refractivity contribution in [1.29, 1.82) is 0 Å². The van der Waals surface area contributed by atoms with Crippen LogP contribution in [-0.4, -0.2) is 15.0 Å². The van der Waals surface area contributed by atoms with E-state index in [2.05, 4.69) is 15.0 Å². The van der Waals surface area contributed by atoms with Crippen LogP contribution in [0.15, 0.2) is 24.3 Å². The van der Waals surface area contributed by atoms with Gasteiger partial charge in [0.2, 0.25) is 11.9 Å². The maximum absolute atomic E-state index is 5.86. The third-order valence-corrected chi connectivity index (χ3v) is 2.39. The summed E-state index contributed by atoms with van der Waals surface area (Å²) in [6, 6.07) is 7.04. The molecule has 1 aromatic carbocycles. The molecule has 1 aromatic heterocycles. The summed E-state index contributed by atoms with van der Waals surface area (Å²) >= 11 is 5.86. The van der Waals surface area contributed by atoms with E-state index in [1.807, 2.05) is 0 Å².